The van der Waals surface area contributed by atoms with Gasteiger partial charge in [0.1, 0.15) is 5.82 Å². The molecule has 1 heterocycles. The van der Waals surface area contributed by atoms with E-state index in [1.54, 1.807) is 6.92 Å². The summed E-state index contributed by atoms with van der Waals surface area (Å²) in [5, 5.41) is 0.443. The van der Waals surface area contributed by atoms with Crippen LogP contribution in [0.5, 0.6) is 0 Å². The molecule has 2 N–H and O–H groups in total. The van der Waals surface area contributed by atoms with Crippen molar-refractivity contribution in [3.8, 4) is 0 Å². The van der Waals surface area contributed by atoms with E-state index in [9.17, 15) is 8.78 Å². The van der Waals surface area contributed by atoms with Gasteiger partial charge in [-0.15, -0.1) is 0 Å². The number of aromatic nitrogens is 1. The van der Waals surface area contributed by atoms with Crippen LogP contribution in [0.2, 0.25) is 0 Å². The molecule has 13 heavy (non-hydrogen) atoms. The SMILES string of the molecule is Cc1c(C(F)F)cnc(N)c1CBr. The average Bonchev–Trinajstić information content (AvgIpc) is 2.04. The summed E-state index contributed by atoms with van der Waals surface area (Å²) in [7, 11) is 0. The Morgan fingerprint density at radius 3 is 2.69 bits per heavy atom. The number of hydrogen-bond donors (Lipinski definition) is 1. The second-order valence-corrected chi connectivity index (χ2v) is 3.20. The average molecular weight is 251 g/mol. The minimum atomic E-state index is -2.49. The van der Waals surface area contributed by atoms with Gasteiger partial charge in [0.2, 0.25) is 0 Å². The molecular formula is C8H9BrF2N2. The minimum Gasteiger partial charge on any atom is -0.383 e. The molecule has 0 fully saturated rings. The van der Waals surface area contributed by atoms with Crippen molar-refractivity contribution in [2.24, 2.45) is 0 Å². The summed E-state index contributed by atoms with van der Waals surface area (Å²) < 4.78 is 24.8. The summed E-state index contributed by atoms with van der Waals surface area (Å²) in [6.45, 7) is 1.62. The van der Waals surface area contributed by atoms with E-state index in [4.69, 9.17) is 5.73 Å². The van der Waals surface area contributed by atoms with Crippen molar-refractivity contribution < 1.29 is 8.78 Å². The lowest BCUT2D eigenvalue weighted by molar-refractivity contribution is 0.150. The van der Waals surface area contributed by atoms with Gasteiger partial charge in [-0.1, -0.05) is 15.9 Å². The molecule has 0 atom stereocenters. The molecule has 0 saturated heterocycles. The van der Waals surface area contributed by atoms with Crippen LogP contribution in [-0.2, 0) is 5.33 Å². The van der Waals surface area contributed by atoms with E-state index in [0.717, 1.165) is 6.20 Å². The molecule has 0 aliphatic carbocycles. The first-order valence-corrected chi connectivity index (χ1v) is 4.78. The van der Waals surface area contributed by atoms with Crippen molar-refractivity contribution in [3.05, 3.63) is 22.9 Å². The topological polar surface area (TPSA) is 38.9 Å². The second-order valence-electron chi connectivity index (χ2n) is 2.64. The highest BCUT2D eigenvalue weighted by Crippen LogP contribution is 2.27. The number of rotatable bonds is 2. The van der Waals surface area contributed by atoms with E-state index in [1.807, 2.05) is 0 Å². The standard InChI is InChI=1S/C8H9BrF2N2/c1-4-5(2-9)8(12)13-3-6(4)7(10)11/h3,7H,2H2,1H3,(H2,12,13). The molecular weight excluding hydrogens is 242 g/mol. The molecule has 2 nitrogen and oxygen atoms in total. The van der Waals surface area contributed by atoms with Gasteiger partial charge in [0.15, 0.2) is 0 Å². The molecule has 0 radical (unpaired) electrons. The van der Waals surface area contributed by atoms with Gasteiger partial charge >= 0.3 is 0 Å². The Hall–Kier alpha value is -0.710. The molecule has 0 aliphatic heterocycles. The summed E-state index contributed by atoms with van der Waals surface area (Å²) in [4.78, 5) is 3.70. The maximum absolute atomic E-state index is 12.4. The molecule has 1 aromatic heterocycles. The summed E-state index contributed by atoms with van der Waals surface area (Å²) >= 11 is 3.18. The zero-order valence-electron chi connectivity index (χ0n) is 7.02. The van der Waals surface area contributed by atoms with E-state index in [1.165, 1.54) is 0 Å². The van der Waals surface area contributed by atoms with E-state index >= 15 is 0 Å². The molecule has 0 unspecified atom stereocenters. The maximum atomic E-state index is 12.4. The third-order valence-corrected chi connectivity index (χ3v) is 2.47. The summed E-state index contributed by atoms with van der Waals surface area (Å²) in [6, 6.07) is 0. The number of hydrogen-bond acceptors (Lipinski definition) is 2. The fourth-order valence-electron chi connectivity index (χ4n) is 1.07. The van der Waals surface area contributed by atoms with Gasteiger partial charge in [-0.2, -0.15) is 0 Å². The summed E-state index contributed by atoms with van der Waals surface area (Å²) in [6.07, 6.45) is -1.37. The van der Waals surface area contributed by atoms with Crippen LogP contribution in [-0.4, -0.2) is 4.98 Å². The van der Waals surface area contributed by atoms with Gasteiger partial charge in [-0.3, -0.25) is 0 Å². The zero-order chi connectivity index (χ0) is 10.0. The molecule has 0 aliphatic rings. The van der Waals surface area contributed by atoms with Gasteiger partial charge in [0.25, 0.3) is 6.43 Å². The molecule has 0 aromatic carbocycles. The molecule has 0 bridgehead atoms. The van der Waals surface area contributed by atoms with Crippen molar-refractivity contribution in [1.82, 2.24) is 4.98 Å². The Morgan fingerprint density at radius 1 is 1.62 bits per heavy atom. The van der Waals surface area contributed by atoms with Crippen molar-refractivity contribution >= 4 is 21.7 Å². The van der Waals surface area contributed by atoms with Gasteiger partial charge in [-0.25, -0.2) is 13.8 Å². The number of alkyl halides is 3. The summed E-state index contributed by atoms with van der Waals surface area (Å²) in [5.74, 6) is 0.304. The van der Waals surface area contributed by atoms with Crippen molar-refractivity contribution in [2.45, 2.75) is 18.7 Å². The normalized spacial score (nSPS) is 10.8. The van der Waals surface area contributed by atoms with Gasteiger partial charge in [-0.05, 0) is 12.5 Å². The highest BCUT2D eigenvalue weighted by molar-refractivity contribution is 9.08. The predicted octanol–water partition coefficient (Wildman–Crippen LogP) is 2.80. The first-order valence-electron chi connectivity index (χ1n) is 3.66. The van der Waals surface area contributed by atoms with Gasteiger partial charge in [0.05, 0.1) is 0 Å². The number of nitrogen functional groups attached to an aromatic ring is 1. The number of nitrogens with zero attached hydrogens (tertiary/aromatic N) is 1. The number of pyridine rings is 1. The van der Waals surface area contributed by atoms with Crippen LogP contribution in [0.4, 0.5) is 14.6 Å². The predicted molar refractivity (Wildman–Crippen MR) is 51.0 cm³/mol. The quantitative estimate of drug-likeness (QED) is 0.821. The third-order valence-electron chi connectivity index (χ3n) is 1.91. The molecule has 1 rings (SSSR count). The van der Waals surface area contributed by atoms with Crippen LogP contribution >= 0.6 is 15.9 Å². The summed E-state index contributed by atoms with van der Waals surface area (Å²) in [5.41, 5.74) is 6.61. The lowest BCUT2D eigenvalue weighted by Gasteiger charge is -2.10. The van der Waals surface area contributed by atoms with Crippen LogP contribution in [0.3, 0.4) is 0 Å². The monoisotopic (exact) mass is 250 g/mol. The lowest BCUT2D eigenvalue weighted by atomic mass is 10.1. The number of halogens is 3. The fraction of sp³-hybridized carbons (Fsp3) is 0.375. The molecule has 72 valence electrons. The zero-order valence-corrected chi connectivity index (χ0v) is 8.61. The first kappa shape index (κ1) is 10.4. The number of anilines is 1. The highest BCUT2D eigenvalue weighted by atomic mass is 79.9. The molecule has 0 spiro atoms. The van der Waals surface area contributed by atoms with E-state index in [0.29, 0.717) is 22.3 Å². The Bertz CT molecular complexity index is 315. The van der Waals surface area contributed by atoms with E-state index in [2.05, 4.69) is 20.9 Å². The number of nitrogens with two attached hydrogens (primary N) is 1. The van der Waals surface area contributed by atoms with Crippen molar-refractivity contribution in [3.63, 3.8) is 0 Å². The highest BCUT2D eigenvalue weighted by Gasteiger charge is 2.15. The smallest absolute Gasteiger partial charge is 0.265 e. The van der Waals surface area contributed by atoms with Gasteiger partial charge < -0.3 is 5.73 Å². The first-order chi connectivity index (χ1) is 6.07. The molecule has 0 saturated carbocycles. The molecule has 5 heteroatoms. The van der Waals surface area contributed by atoms with Crippen molar-refractivity contribution in [1.29, 1.82) is 0 Å². The van der Waals surface area contributed by atoms with Gasteiger partial charge in [0, 0.05) is 22.7 Å². The van der Waals surface area contributed by atoms with Crippen molar-refractivity contribution in [2.75, 3.05) is 5.73 Å². The Balaban J connectivity index is 3.27. The van der Waals surface area contributed by atoms with Crippen LogP contribution < -0.4 is 5.73 Å². The van der Waals surface area contributed by atoms with Crippen LogP contribution in [0.25, 0.3) is 0 Å². The van der Waals surface area contributed by atoms with Crippen LogP contribution in [0.1, 0.15) is 23.1 Å². The Labute approximate surface area is 83.3 Å². The third kappa shape index (κ3) is 1.96. The Morgan fingerprint density at radius 2 is 2.23 bits per heavy atom. The van der Waals surface area contributed by atoms with E-state index < -0.39 is 6.43 Å². The fourth-order valence-corrected chi connectivity index (χ4v) is 1.78. The van der Waals surface area contributed by atoms with Crippen LogP contribution in [0, 0.1) is 6.92 Å². The maximum Gasteiger partial charge on any atom is 0.265 e. The second kappa shape index (κ2) is 4.00. The lowest BCUT2D eigenvalue weighted by Crippen LogP contribution is -2.02. The van der Waals surface area contributed by atoms with Crippen LogP contribution in [0.15, 0.2) is 6.20 Å². The molecule has 0 amide bonds. The van der Waals surface area contributed by atoms with E-state index in [-0.39, 0.29) is 5.56 Å². The molecule has 1 aromatic rings. The largest absolute Gasteiger partial charge is 0.383 e. The minimum absolute atomic E-state index is 0.0522. The Kier molecular flexibility index (Phi) is 3.19.